The fraction of sp³-hybridized carbons (Fsp3) is 0.391. The number of rotatable bonds is 6. The first-order chi connectivity index (χ1) is 13.1. The van der Waals surface area contributed by atoms with Gasteiger partial charge in [0.1, 0.15) is 0 Å². The van der Waals surface area contributed by atoms with Crippen LogP contribution in [0, 0.1) is 19.8 Å². The molecule has 4 nitrogen and oxygen atoms in total. The molecular formula is C23H29N3O. The Bertz CT molecular complexity index is 757. The van der Waals surface area contributed by atoms with Gasteiger partial charge in [-0.3, -0.25) is 9.78 Å². The quantitative estimate of drug-likeness (QED) is 0.848. The van der Waals surface area contributed by atoms with E-state index in [1.54, 1.807) is 24.5 Å². The largest absolute Gasteiger partial charge is 0.351 e. The number of amides is 1. The number of aromatic nitrogens is 1. The highest BCUT2D eigenvalue weighted by Gasteiger charge is 2.17. The first kappa shape index (κ1) is 19.3. The average Bonchev–Trinajstić information content (AvgIpc) is 2.69. The number of piperidine rings is 1. The molecule has 2 heterocycles. The first-order valence-electron chi connectivity index (χ1n) is 9.78. The summed E-state index contributed by atoms with van der Waals surface area (Å²) in [6.07, 6.45) is 10.3. The lowest BCUT2D eigenvalue weighted by atomic mass is 9.94. The summed E-state index contributed by atoms with van der Waals surface area (Å²) in [4.78, 5) is 18.5. The van der Waals surface area contributed by atoms with Crippen LogP contribution in [0.4, 0.5) is 0 Å². The van der Waals surface area contributed by atoms with Crippen molar-refractivity contribution in [1.29, 1.82) is 0 Å². The van der Waals surface area contributed by atoms with Crippen molar-refractivity contribution in [3.63, 3.8) is 0 Å². The van der Waals surface area contributed by atoms with E-state index in [0.717, 1.165) is 19.6 Å². The molecule has 4 heteroatoms. The van der Waals surface area contributed by atoms with Gasteiger partial charge in [0.25, 0.3) is 5.91 Å². The third kappa shape index (κ3) is 5.51. The van der Waals surface area contributed by atoms with Crippen LogP contribution in [0.15, 0.2) is 48.8 Å². The van der Waals surface area contributed by atoms with Crippen molar-refractivity contribution in [1.82, 2.24) is 15.2 Å². The number of carbonyl (C=O) groups excluding carboxylic acids is 1. The molecule has 0 radical (unpaired) electrons. The Morgan fingerprint density at radius 2 is 1.93 bits per heavy atom. The van der Waals surface area contributed by atoms with E-state index in [0.29, 0.717) is 18.0 Å². The van der Waals surface area contributed by atoms with Crippen LogP contribution in [0.3, 0.4) is 0 Å². The summed E-state index contributed by atoms with van der Waals surface area (Å²) in [7, 11) is 0. The minimum absolute atomic E-state index is 0.0467. The van der Waals surface area contributed by atoms with Crippen LogP contribution in [0.25, 0.3) is 6.08 Å². The fourth-order valence-corrected chi connectivity index (χ4v) is 3.62. The number of hydrogen-bond acceptors (Lipinski definition) is 3. The van der Waals surface area contributed by atoms with Crippen molar-refractivity contribution >= 4 is 12.0 Å². The van der Waals surface area contributed by atoms with Crippen molar-refractivity contribution in [3.8, 4) is 0 Å². The lowest BCUT2D eigenvalue weighted by molar-refractivity contribution is 0.0945. The molecule has 0 spiro atoms. The van der Waals surface area contributed by atoms with Gasteiger partial charge in [-0.2, -0.15) is 0 Å². The van der Waals surface area contributed by atoms with Crippen molar-refractivity contribution in [2.75, 3.05) is 26.2 Å². The minimum atomic E-state index is -0.0467. The SMILES string of the molecule is Cc1cccc(C)c1/C=C/C1CCN(CCNC(=O)c2cccnc2)CC1. The van der Waals surface area contributed by atoms with E-state index in [1.807, 2.05) is 0 Å². The second-order valence-corrected chi connectivity index (χ2v) is 7.34. The molecule has 0 aliphatic carbocycles. The Morgan fingerprint density at radius 1 is 1.19 bits per heavy atom. The zero-order valence-corrected chi connectivity index (χ0v) is 16.3. The number of carbonyl (C=O) groups is 1. The molecule has 0 atom stereocenters. The van der Waals surface area contributed by atoms with E-state index in [9.17, 15) is 4.79 Å². The lowest BCUT2D eigenvalue weighted by Gasteiger charge is -2.30. The van der Waals surface area contributed by atoms with Gasteiger partial charge in [-0.15, -0.1) is 0 Å². The third-order valence-electron chi connectivity index (χ3n) is 5.35. The second kappa shape index (κ2) is 9.47. The number of pyridine rings is 1. The molecule has 3 rings (SSSR count). The average molecular weight is 364 g/mol. The molecule has 1 amide bonds. The highest BCUT2D eigenvalue weighted by atomic mass is 16.1. The Kier molecular flexibility index (Phi) is 6.77. The van der Waals surface area contributed by atoms with Crippen molar-refractivity contribution in [3.05, 3.63) is 71.1 Å². The molecule has 1 N–H and O–H groups in total. The number of aryl methyl sites for hydroxylation is 2. The van der Waals surface area contributed by atoms with E-state index >= 15 is 0 Å². The molecule has 0 bridgehead atoms. The van der Waals surface area contributed by atoms with Gasteiger partial charge in [-0.05, 0) is 74.5 Å². The lowest BCUT2D eigenvalue weighted by Crippen LogP contribution is -2.39. The van der Waals surface area contributed by atoms with Crippen molar-refractivity contribution in [2.24, 2.45) is 5.92 Å². The Labute approximate surface area is 162 Å². The van der Waals surface area contributed by atoms with Gasteiger partial charge in [-0.1, -0.05) is 30.4 Å². The predicted octanol–water partition coefficient (Wildman–Crippen LogP) is 3.85. The van der Waals surface area contributed by atoms with Crippen LogP contribution in [0.2, 0.25) is 0 Å². The molecule has 0 saturated carbocycles. The molecule has 1 fully saturated rings. The van der Waals surface area contributed by atoms with E-state index in [2.05, 4.69) is 59.4 Å². The summed E-state index contributed by atoms with van der Waals surface area (Å²) in [6.45, 7) is 8.11. The standard InChI is InChI=1S/C23H29N3O/c1-18-5-3-6-19(2)22(18)9-8-20-10-14-26(15-11-20)16-13-25-23(27)21-7-4-12-24-17-21/h3-9,12,17,20H,10-11,13-16H2,1-2H3,(H,25,27)/b9-8+. The van der Waals surface area contributed by atoms with Crippen LogP contribution >= 0.6 is 0 Å². The molecule has 1 aliphatic heterocycles. The van der Waals surface area contributed by atoms with Gasteiger partial charge in [0.15, 0.2) is 0 Å². The molecule has 1 saturated heterocycles. The van der Waals surface area contributed by atoms with Gasteiger partial charge < -0.3 is 10.2 Å². The van der Waals surface area contributed by atoms with E-state index in [4.69, 9.17) is 0 Å². The highest BCUT2D eigenvalue weighted by Crippen LogP contribution is 2.21. The number of likely N-dealkylation sites (tertiary alicyclic amines) is 1. The first-order valence-corrected chi connectivity index (χ1v) is 9.78. The Morgan fingerprint density at radius 3 is 2.59 bits per heavy atom. The summed E-state index contributed by atoms with van der Waals surface area (Å²) < 4.78 is 0. The Hall–Kier alpha value is -2.46. The summed E-state index contributed by atoms with van der Waals surface area (Å²) in [5.41, 5.74) is 4.66. The molecule has 1 aromatic carbocycles. The molecule has 1 aromatic heterocycles. The summed E-state index contributed by atoms with van der Waals surface area (Å²) in [6, 6.07) is 10.0. The summed E-state index contributed by atoms with van der Waals surface area (Å²) in [5, 5.41) is 2.98. The third-order valence-corrected chi connectivity index (χ3v) is 5.35. The molecule has 0 unspecified atom stereocenters. The van der Waals surface area contributed by atoms with Crippen molar-refractivity contribution in [2.45, 2.75) is 26.7 Å². The maximum Gasteiger partial charge on any atom is 0.252 e. The molecule has 1 aliphatic rings. The number of allylic oxidation sites excluding steroid dienone is 1. The number of hydrogen-bond donors (Lipinski definition) is 1. The van der Waals surface area contributed by atoms with Gasteiger partial charge in [-0.25, -0.2) is 0 Å². The monoisotopic (exact) mass is 363 g/mol. The van der Waals surface area contributed by atoms with E-state index in [1.165, 1.54) is 29.5 Å². The maximum absolute atomic E-state index is 12.0. The van der Waals surface area contributed by atoms with Crippen LogP contribution < -0.4 is 5.32 Å². The normalized spacial score (nSPS) is 15.9. The fourth-order valence-electron chi connectivity index (χ4n) is 3.62. The van der Waals surface area contributed by atoms with Crippen molar-refractivity contribution < 1.29 is 4.79 Å². The second-order valence-electron chi connectivity index (χ2n) is 7.34. The van der Waals surface area contributed by atoms with Crippen LogP contribution in [0.5, 0.6) is 0 Å². The molecule has 142 valence electrons. The van der Waals surface area contributed by atoms with Gasteiger partial charge >= 0.3 is 0 Å². The Balaban J connectivity index is 1.40. The van der Waals surface area contributed by atoms with E-state index in [-0.39, 0.29) is 5.91 Å². The number of nitrogens with one attached hydrogen (secondary N) is 1. The van der Waals surface area contributed by atoms with Crippen LogP contribution in [-0.2, 0) is 0 Å². The van der Waals surface area contributed by atoms with Crippen LogP contribution in [-0.4, -0.2) is 42.0 Å². The zero-order chi connectivity index (χ0) is 19.1. The zero-order valence-electron chi connectivity index (χ0n) is 16.3. The summed E-state index contributed by atoms with van der Waals surface area (Å²) >= 11 is 0. The smallest absolute Gasteiger partial charge is 0.252 e. The predicted molar refractivity (Wildman–Crippen MR) is 111 cm³/mol. The molecule has 2 aromatic rings. The summed E-state index contributed by atoms with van der Waals surface area (Å²) in [5.74, 6) is 0.597. The molecular weight excluding hydrogens is 334 g/mol. The number of benzene rings is 1. The minimum Gasteiger partial charge on any atom is -0.351 e. The number of nitrogens with zero attached hydrogens (tertiary/aromatic N) is 2. The van der Waals surface area contributed by atoms with Gasteiger partial charge in [0, 0.05) is 25.5 Å². The molecule has 27 heavy (non-hydrogen) atoms. The topological polar surface area (TPSA) is 45.2 Å². The van der Waals surface area contributed by atoms with Crippen LogP contribution in [0.1, 0.15) is 39.9 Å². The highest BCUT2D eigenvalue weighted by molar-refractivity contribution is 5.93. The van der Waals surface area contributed by atoms with Gasteiger partial charge in [0.05, 0.1) is 5.56 Å². The van der Waals surface area contributed by atoms with E-state index < -0.39 is 0 Å². The maximum atomic E-state index is 12.0. The van der Waals surface area contributed by atoms with Gasteiger partial charge in [0.2, 0.25) is 0 Å².